The molecule has 0 aromatic heterocycles. The smallest absolute Gasteiger partial charge is 0.133 e. The van der Waals surface area contributed by atoms with Gasteiger partial charge in [0.1, 0.15) is 5.75 Å². The molecule has 2 rings (SSSR count). The van der Waals surface area contributed by atoms with E-state index in [1.54, 1.807) is 0 Å². The van der Waals surface area contributed by atoms with E-state index in [1.165, 1.54) is 5.56 Å². The highest BCUT2D eigenvalue weighted by atomic mass is 79.9. The second-order valence-electron chi connectivity index (χ2n) is 5.52. The lowest BCUT2D eigenvalue weighted by atomic mass is 9.88. The zero-order valence-electron chi connectivity index (χ0n) is 12.5. The lowest BCUT2D eigenvalue weighted by Gasteiger charge is -2.33. The van der Waals surface area contributed by atoms with Crippen LogP contribution in [0.3, 0.4) is 0 Å². The predicted molar refractivity (Wildman–Crippen MR) is 85.3 cm³/mol. The first-order valence-corrected chi connectivity index (χ1v) is 8.13. The second-order valence-corrected chi connectivity index (χ2v) is 6.38. The van der Waals surface area contributed by atoms with E-state index >= 15 is 0 Å². The summed E-state index contributed by atoms with van der Waals surface area (Å²) in [5.74, 6) is 0.906. The lowest BCUT2D eigenvalue weighted by molar-refractivity contribution is -0.0105. The Morgan fingerprint density at radius 2 is 2.30 bits per heavy atom. The van der Waals surface area contributed by atoms with Crippen molar-refractivity contribution < 1.29 is 9.47 Å². The van der Waals surface area contributed by atoms with Crippen molar-refractivity contribution in [2.45, 2.75) is 44.8 Å². The molecule has 2 atom stereocenters. The summed E-state index contributed by atoms with van der Waals surface area (Å²) in [7, 11) is 1.99. The number of hydrogen-bond donors (Lipinski definition) is 1. The highest BCUT2D eigenvalue weighted by Gasteiger charge is 2.38. The summed E-state index contributed by atoms with van der Waals surface area (Å²) >= 11 is 3.61. The van der Waals surface area contributed by atoms with Gasteiger partial charge < -0.3 is 14.8 Å². The van der Waals surface area contributed by atoms with E-state index in [4.69, 9.17) is 9.47 Å². The normalized spacial score (nSPS) is 23.8. The number of halogens is 1. The molecule has 0 spiro atoms. The molecule has 1 aliphatic rings. The van der Waals surface area contributed by atoms with Crippen molar-refractivity contribution in [3.63, 3.8) is 0 Å². The molecule has 0 saturated carbocycles. The van der Waals surface area contributed by atoms with Crippen LogP contribution in [0.4, 0.5) is 0 Å². The molecule has 1 heterocycles. The van der Waals surface area contributed by atoms with Crippen LogP contribution < -0.4 is 10.1 Å². The van der Waals surface area contributed by atoms with Crippen molar-refractivity contribution in [3.05, 3.63) is 28.2 Å². The fraction of sp³-hybridized carbons (Fsp3) is 0.625. The highest BCUT2D eigenvalue weighted by molar-refractivity contribution is 9.10. The third kappa shape index (κ3) is 3.35. The van der Waals surface area contributed by atoms with Gasteiger partial charge in [-0.2, -0.15) is 0 Å². The monoisotopic (exact) mass is 341 g/mol. The fourth-order valence-electron chi connectivity index (χ4n) is 2.88. The van der Waals surface area contributed by atoms with E-state index in [0.717, 1.165) is 42.7 Å². The Labute approximate surface area is 130 Å². The maximum atomic E-state index is 5.97. The Morgan fingerprint density at radius 1 is 1.50 bits per heavy atom. The zero-order valence-corrected chi connectivity index (χ0v) is 14.1. The molecule has 0 aliphatic carbocycles. The minimum atomic E-state index is -0.125. The van der Waals surface area contributed by atoms with E-state index < -0.39 is 0 Å². The molecule has 4 heteroatoms. The third-order valence-corrected chi connectivity index (χ3v) is 4.52. The van der Waals surface area contributed by atoms with Crippen LogP contribution in [0.5, 0.6) is 5.75 Å². The molecule has 2 unspecified atom stereocenters. The SMILES string of the molecule is CCCOc1ccc(C(NC)C2(C)CCCO2)cc1Br. The standard InChI is InChI=1S/C16H24BrNO2/c1-4-9-19-14-7-6-12(11-13(14)17)15(18-3)16(2)8-5-10-20-16/h6-7,11,15,18H,4-5,8-10H2,1-3H3. The Hall–Kier alpha value is -0.580. The predicted octanol–water partition coefficient (Wildman–Crippen LogP) is 4.07. The van der Waals surface area contributed by atoms with E-state index in [9.17, 15) is 0 Å². The molecule has 0 bridgehead atoms. The second kappa shape index (κ2) is 6.92. The molecular formula is C16H24BrNO2. The maximum Gasteiger partial charge on any atom is 0.133 e. The van der Waals surface area contributed by atoms with Crippen LogP contribution in [-0.2, 0) is 4.74 Å². The molecule has 1 aliphatic heterocycles. The molecule has 1 aromatic carbocycles. The Morgan fingerprint density at radius 3 is 2.85 bits per heavy atom. The van der Waals surface area contributed by atoms with E-state index in [1.807, 2.05) is 13.1 Å². The van der Waals surface area contributed by atoms with Gasteiger partial charge in [-0.3, -0.25) is 0 Å². The summed E-state index contributed by atoms with van der Waals surface area (Å²) in [5.41, 5.74) is 1.10. The topological polar surface area (TPSA) is 30.5 Å². The average Bonchev–Trinajstić information content (AvgIpc) is 2.86. The van der Waals surface area contributed by atoms with Crippen LogP contribution in [0.1, 0.15) is 44.7 Å². The average molecular weight is 342 g/mol. The van der Waals surface area contributed by atoms with Crippen LogP contribution in [0.25, 0.3) is 0 Å². The largest absolute Gasteiger partial charge is 0.492 e. The molecule has 20 heavy (non-hydrogen) atoms. The van der Waals surface area contributed by atoms with Gasteiger partial charge in [0.25, 0.3) is 0 Å². The molecule has 0 amide bonds. The molecule has 1 N–H and O–H groups in total. The van der Waals surface area contributed by atoms with Gasteiger partial charge in [-0.15, -0.1) is 0 Å². The first kappa shape index (κ1) is 15.8. The summed E-state index contributed by atoms with van der Waals surface area (Å²) in [6, 6.07) is 6.50. The van der Waals surface area contributed by atoms with Crippen LogP contribution in [0.15, 0.2) is 22.7 Å². The summed E-state index contributed by atoms with van der Waals surface area (Å²) in [6.45, 7) is 5.90. The van der Waals surface area contributed by atoms with Crippen molar-refractivity contribution >= 4 is 15.9 Å². The van der Waals surface area contributed by atoms with Crippen LogP contribution >= 0.6 is 15.9 Å². The van der Waals surface area contributed by atoms with E-state index in [-0.39, 0.29) is 11.6 Å². The molecule has 1 saturated heterocycles. The van der Waals surface area contributed by atoms with Crippen molar-refractivity contribution in [1.82, 2.24) is 5.32 Å². The van der Waals surface area contributed by atoms with Crippen molar-refractivity contribution in [2.75, 3.05) is 20.3 Å². The quantitative estimate of drug-likeness (QED) is 0.845. The summed E-state index contributed by atoms with van der Waals surface area (Å²) < 4.78 is 12.7. The Balaban J connectivity index is 2.20. The molecule has 112 valence electrons. The minimum absolute atomic E-state index is 0.125. The van der Waals surface area contributed by atoms with Crippen molar-refractivity contribution in [1.29, 1.82) is 0 Å². The van der Waals surface area contributed by atoms with Crippen LogP contribution in [-0.4, -0.2) is 25.9 Å². The Bertz CT molecular complexity index is 444. The molecular weight excluding hydrogens is 318 g/mol. The number of nitrogens with one attached hydrogen (secondary N) is 1. The highest BCUT2D eigenvalue weighted by Crippen LogP contribution is 2.39. The zero-order chi connectivity index (χ0) is 14.6. The molecule has 1 aromatic rings. The van der Waals surface area contributed by atoms with Gasteiger partial charge in [-0.1, -0.05) is 13.0 Å². The number of rotatable bonds is 6. The van der Waals surface area contributed by atoms with Gasteiger partial charge in [0.15, 0.2) is 0 Å². The number of likely N-dealkylation sites (N-methyl/N-ethyl adjacent to an activating group) is 1. The van der Waals surface area contributed by atoms with Gasteiger partial charge in [0.2, 0.25) is 0 Å². The van der Waals surface area contributed by atoms with E-state index in [2.05, 4.69) is 47.2 Å². The molecule has 0 radical (unpaired) electrons. The third-order valence-electron chi connectivity index (χ3n) is 3.90. The lowest BCUT2D eigenvalue weighted by Crippen LogP contribution is -2.39. The van der Waals surface area contributed by atoms with Crippen LogP contribution in [0, 0.1) is 0 Å². The van der Waals surface area contributed by atoms with Crippen molar-refractivity contribution in [2.24, 2.45) is 0 Å². The molecule has 3 nitrogen and oxygen atoms in total. The number of hydrogen-bond acceptors (Lipinski definition) is 3. The summed E-state index contributed by atoms with van der Waals surface area (Å²) in [5, 5.41) is 3.40. The summed E-state index contributed by atoms with van der Waals surface area (Å²) in [6.07, 6.45) is 3.23. The maximum absolute atomic E-state index is 5.97. The van der Waals surface area contributed by atoms with Gasteiger partial charge in [-0.05, 0) is 66.9 Å². The van der Waals surface area contributed by atoms with Gasteiger partial charge in [-0.25, -0.2) is 0 Å². The Kier molecular flexibility index (Phi) is 5.47. The minimum Gasteiger partial charge on any atom is -0.492 e. The van der Waals surface area contributed by atoms with E-state index in [0.29, 0.717) is 0 Å². The van der Waals surface area contributed by atoms with Gasteiger partial charge in [0, 0.05) is 6.61 Å². The van der Waals surface area contributed by atoms with Gasteiger partial charge >= 0.3 is 0 Å². The number of ether oxygens (including phenoxy) is 2. The van der Waals surface area contributed by atoms with Crippen molar-refractivity contribution in [3.8, 4) is 5.75 Å². The number of benzene rings is 1. The fourth-order valence-corrected chi connectivity index (χ4v) is 3.39. The summed E-state index contributed by atoms with van der Waals surface area (Å²) in [4.78, 5) is 0. The van der Waals surface area contributed by atoms with Gasteiger partial charge in [0.05, 0.1) is 22.7 Å². The first-order chi connectivity index (χ1) is 9.60. The first-order valence-electron chi connectivity index (χ1n) is 7.34. The molecule has 1 fully saturated rings. The van der Waals surface area contributed by atoms with Crippen LogP contribution in [0.2, 0.25) is 0 Å².